The maximum Gasteiger partial charge on any atom is 0.264 e. The van der Waals surface area contributed by atoms with E-state index in [0.29, 0.717) is 15.6 Å². The molecule has 0 saturated heterocycles. The number of nitrogens with zero attached hydrogens (tertiary/aromatic N) is 2. The van der Waals surface area contributed by atoms with E-state index in [1.807, 2.05) is 30.3 Å². The van der Waals surface area contributed by atoms with Crippen molar-refractivity contribution < 1.29 is 18.0 Å². The van der Waals surface area contributed by atoms with Gasteiger partial charge < -0.3 is 10.2 Å². The lowest BCUT2D eigenvalue weighted by molar-refractivity contribution is -0.139. The molecule has 11 heteroatoms. The molecule has 0 aliphatic carbocycles. The van der Waals surface area contributed by atoms with Crippen LogP contribution in [0.5, 0.6) is 0 Å². The van der Waals surface area contributed by atoms with Crippen LogP contribution in [-0.2, 0) is 32.6 Å². The van der Waals surface area contributed by atoms with Crippen LogP contribution in [0.15, 0.2) is 108 Å². The van der Waals surface area contributed by atoms with E-state index in [-0.39, 0.29) is 28.6 Å². The molecule has 0 bridgehead atoms. The van der Waals surface area contributed by atoms with Crippen LogP contribution in [0.2, 0.25) is 15.1 Å². The molecule has 0 aliphatic rings. The molecule has 7 nitrogen and oxygen atoms in total. The van der Waals surface area contributed by atoms with Crippen molar-refractivity contribution in [1.82, 2.24) is 10.2 Å². The predicted molar refractivity (Wildman–Crippen MR) is 167 cm³/mol. The fraction of sp³-hybridized carbons (Fsp3) is 0.161. The highest BCUT2D eigenvalue weighted by Gasteiger charge is 2.34. The van der Waals surface area contributed by atoms with Crippen LogP contribution in [0, 0.1) is 0 Å². The number of carbonyl (C=O) groups excluding carboxylic acids is 2. The van der Waals surface area contributed by atoms with E-state index in [1.54, 1.807) is 48.5 Å². The summed E-state index contributed by atoms with van der Waals surface area (Å²) in [5.41, 5.74) is 1.68. The van der Waals surface area contributed by atoms with Crippen LogP contribution in [0.1, 0.15) is 11.1 Å². The van der Waals surface area contributed by atoms with Crippen molar-refractivity contribution in [2.45, 2.75) is 23.9 Å². The molecule has 1 unspecified atom stereocenters. The second kappa shape index (κ2) is 14.1. The number of likely N-dealkylation sites (N-methyl/N-ethyl adjacent to an activating group) is 1. The van der Waals surface area contributed by atoms with Crippen molar-refractivity contribution in [3.8, 4) is 0 Å². The second-order valence-corrected chi connectivity index (χ2v) is 12.5. The van der Waals surface area contributed by atoms with Gasteiger partial charge in [-0.3, -0.25) is 13.9 Å². The van der Waals surface area contributed by atoms with Crippen molar-refractivity contribution in [3.63, 3.8) is 0 Å². The van der Waals surface area contributed by atoms with Crippen LogP contribution >= 0.6 is 34.8 Å². The zero-order chi connectivity index (χ0) is 30.3. The van der Waals surface area contributed by atoms with E-state index in [0.717, 1.165) is 9.87 Å². The lowest BCUT2D eigenvalue weighted by Crippen LogP contribution is -2.53. The normalized spacial score (nSPS) is 11.9. The Morgan fingerprint density at radius 2 is 1.40 bits per heavy atom. The lowest BCUT2D eigenvalue weighted by atomic mass is 10.0. The minimum absolute atomic E-state index is 0.0101. The average Bonchev–Trinajstić information content (AvgIpc) is 3.00. The average molecular weight is 645 g/mol. The number of carbonyl (C=O) groups is 2. The van der Waals surface area contributed by atoms with Crippen LogP contribution < -0.4 is 9.62 Å². The minimum atomic E-state index is -4.19. The Balaban J connectivity index is 1.79. The largest absolute Gasteiger partial charge is 0.357 e. The molecule has 1 N–H and O–H groups in total. The highest BCUT2D eigenvalue weighted by molar-refractivity contribution is 7.92. The first-order valence-corrected chi connectivity index (χ1v) is 15.5. The van der Waals surface area contributed by atoms with Gasteiger partial charge in [0.25, 0.3) is 10.0 Å². The number of anilines is 1. The highest BCUT2D eigenvalue weighted by Crippen LogP contribution is 2.27. The van der Waals surface area contributed by atoms with Gasteiger partial charge in [0.2, 0.25) is 11.8 Å². The molecule has 0 aliphatic heterocycles. The summed E-state index contributed by atoms with van der Waals surface area (Å²) in [6.45, 7) is -0.608. The SMILES string of the molecule is CNC(=O)C(Cc1ccccc1)N(Cc1ccc(Cl)c(Cl)c1)C(=O)CN(c1ccc(Cl)cc1)S(=O)(=O)c1ccccc1. The highest BCUT2D eigenvalue weighted by atomic mass is 35.5. The first-order chi connectivity index (χ1) is 20.1. The Hall–Kier alpha value is -3.56. The fourth-order valence-electron chi connectivity index (χ4n) is 4.41. The standard InChI is InChI=1S/C31H28Cl3N3O4S/c1-35-31(39)29(19-22-8-4-2-5-9-22)36(20-23-12-17-27(33)28(34)18-23)30(38)21-37(25-15-13-24(32)14-16-25)42(40,41)26-10-6-3-7-11-26/h2-18,29H,19-21H2,1H3,(H,35,39). The minimum Gasteiger partial charge on any atom is -0.357 e. The lowest BCUT2D eigenvalue weighted by Gasteiger charge is -2.33. The van der Waals surface area contributed by atoms with Crippen LogP contribution in [-0.4, -0.2) is 44.8 Å². The molecule has 2 amide bonds. The van der Waals surface area contributed by atoms with Gasteiger partial charge in [0.15, 0.2) is 0 Å². The molecule has 0 saturated carbocycles. The number of sulfonamides is 1. The summed E-state index contributed by atoms with van der Waals surface area (Å²) < 4.78 is 28.8. The maximum absolute atomic E-state index is 14.2. The quantitative estimate of drug-likeness (QED) is 0.210. The van der Waals surface area contributed by atoms with Gasteiger partial charge in [-0.25, -0.2) is 8.42 Å². The van der Waals surface area contributed by atoms with Crippen molar-refractivity contribution >= 4 is 62.3 Å². The molecule has 0 radical (unpaired) electrons. The molecular weight excluding hydrogens is 617 g/mol. The first-order valence-electron chi connectivity index (χ1n) is 12.9. The molecule has 0 heterocycles. The number of hydrogen-bond acceptors (Lipinski definition) is 4. The van der Waals surface area contributed by atoms with Crippen molar-refractivity contribution in [2.75, 3.05) is 17.9 Å². The Kier molecular flexibility index (Phi) is 10.5. The summed E-state index contributed by atoms with van der Waals surface area (Å²) in [5, 5.41) is 3.68. The van der Waals surface area contributed by atoms with E-state index < -0.39 is 34.4 Å². The van der Waals surface area contributed by atoms with E-state index in [1.165, 1.54) is 36.2 Å². The summed E-state index contributed by atoms with van der Waals surface area (Å²) >= 11 is 18.5. The number of rotatable bonds is 11. The number of halogens is 3. The zero-order valence-electron chi connectivity index (χ0n) is 22.6. The fourth-order valence-corrected chi connectivity index (χ4v) is 6.29. The molecular formula is C31H28Cl3N3O4S. The van der Waals surface area contributed by atoms with Crippen molar-refractivity contribution in [3.05, 3.63) is 129 Å². The van der Waals surface area contributed by atoms with Crippen molar-refractivity contribution in [1.29, 1.82) is 0 Å². The van der Waals surface area contributed by atoms with E-state index in [9.17, 15) is 18.0 Å². The molecule has 1 atom stereocenters. The summed E-state index contributed by atoms with van der Waals surface area (Å²) in [6, 6.07) is 27.2. The van der Waals surface area contributed by atoms with Crippen molar-refractivity contribution in [2.24, 2.45) is 0 Å². The summed E-state index contributed by atoms with van der Waals surface area (Å²) in [5.74, 6) is -1.00. The van der Waals surface area contributed by atoms with Gasteiger partial charge in [-0.15, -0.1) is 0 Å². The second-order valence-electron chi connectivity index (χ2n) is 9.39. The van der Waals surface area contributed by atoms with E-state index in [2.05, 4.69) is 5.32 Å². The van der Waals surface area contributed by atoms with Gasteiger partial charge in [-0.05, 0) is 59.7 Å². The molecule has 42 heavy (non-hydrogen) atoms. The van der Waals surface area contributed by atoms with Crippen LogP contribution in [0.4, 0.5) is 5.69 Å². The Morgan fingerprint density at radius 1 is 0.786 bits per heavy atom. The smallest absolute Gasteiger partial charge is 0.264 e. The van der Waals surface area contributed by atoms with E-state index >= 15 is 0 Å². The summed E-state index contributed by atoms with van der Waals surface area (Å²) in [7, 11) is -2.70. The molecule has 218 valence electrons. The van der Waals surface area contributed by atoms with Crippen LogP contribution in [0.3, 0.4) is 0 Å². The Bertz CT molecular complexity index is 1640. The topological polar surface area (TPSA) is 86.8 Å². The van der Waals surface area contributed by atoms with Gasteiger partial charge in [0, 0.05) is 25.0 Å². The molecule has 0 aromatic heterocycles. The first kappa shape index (κ1) is 31.4. The van der Waals surface area contributed by atoms with Gasteiger partial charge in [0.05, 0.1) is 20.6 Å². The molecule has 4 rings (SSSR count). The van der Waals surface area contributed by atoms with Gasteiger partial charge >= 0.3 is 0 Å². The molecule has 0 fully saturated rings. The third-order valence-corrected chi connectivity index (χ3v) is 9.36. The van der Waals surface area contributed by atoms with Gasteiger partial charge in [0.1, 0.15) is 12.6 Å². The Morgan fingerprint density at radius 3 is 2.00 bits per heavy atom. The van der Waals surface area contributed by atoms with E-state index in [4.69, 9.17) is 34.8 Å². The molecule has 0 spiro atoms. The van der Waals surface area contributed by atoms with Gasteiger partial charge in [-0.1, -0.05) is 89.4 Å². The number of nitrogens with one attached hydrogen (secondary N) is 1. The monoisotopic (exact) mass is 643 g/mol. The summed E-state index contributed by atoms with van der Waals surface area (Å²) in [6.07, 6.45) is 0.194. The maximum atomic E-state index is 14.2. The number of benzene rings is 4. The van der Waals surface area contributed by atoms with Crippen LogP contribution in [0.25, 0.3) is 0 Å². The Labute approximate surface area is 260 Å². The number of amides is 2. The summed E-state index contributed by atoms with van der Waals surface area (Å²) in [4.78, 5) is 28.9. The third-order valence-electron chi connectivity index (χ3n) is 6.58. The predicted octanol–water partition coefficient (Wildman–Crippen LogP) is 6.23. The molecule has 4 aromatic rings. The van der Waals surface area contributed by atoms with Gasteiger partial charge in [-0.2, -0.15) is 0 Å². The zero-order valence-corrected chi connectivity index (χ0v) is 25.7. The third kappa shape index (κ3) is 7.63. The molecule has 4 aromatic carbocycles. The number of hydrogen-bond donors (Lipinski definition) is 1.